The van der Waals surface area contributed by atoms with Crippen molar-refractivity contribution in [1.29, 1.82) is 0 Å². The highest BCUT2D eigenvalue weighted by atomic mass is 32.1. The summed E-state index contributed by atoms with van der Waals surface area (Å²) in [7, 11) is 3.28. The Bertz CT molecular complexity index is 711. The van der Waals surface area contributed by atoms with Gasteiger partial charge in [0.25, 0.3) is 0 Å². The molecule has 96 valence electrons. The first-order valence-electron chi connectivity index (χ1n) is 5.74. The standard InChI is InChI=1S/C14H12N2O2S/c1-17-10-3-4-11-9(7-10)8-12(16-13(11)18-2)14-15-5-6-19-14/h3-8H,1-2H3. The molecule has 19 heavy (non-hydrogen) atoms. The van der Waals surface area contributed by atoms with Gasteiger partial charge in [-0.2, -0.15) is 0 Å². The Morgan fingerprint density at radius 3 is 2.68 bits per heavy atom. The van der Waals surface area contributed by atoms with Crippen molar-refractivity contribution < 1.29 is 9.47 Å². The van der Waals surface area contributed by atoms with Crippen LogP contribution in [0.2, 0.25) is 0 Å². The number of ether oxygens (including phenoxy) is 2. The summed E-state index contributed by atoms with van der Waals surface area (Å²) in [6, 6.07) is 7.82. The van der Waals surface area contributed by atoms with E-state index in [0.29, 0.717) is 5.88 Å². The number of hydrogen-bond donors (Lipinski definition) is 0. The van der Waals surface area contributed by atoms with Crippen LogP contribution in [0.3, 0.4) is 0 Å². The SMILES string of the molecule is COc1ccc2c(OC)nc(-c3nccs3)cc2c1. The van der Waals surface area contributed by atoms with Gasteiger partial charge < -0.3 is 9.47 Å². The van der Waals surface area contributed by atoms with Gasteiger partial charge in [0, 0.05) is 17.0 Å². The van der Waals surface area contributed by atoms with Crippen molar-refractivity contribution >= 4 is 22.1 Å². The molecule has 0 atom stereocenters. The van der Waals surface area contributed by atoms with E-state index in [1.54, 1.807) is 31.8 Å². The molecule has 2 heterocycles. The average Bonchev–Trinajstić information content (AvgIpc) is 2.99. The van der Waals surface area contributed by atoms with E-state index in [0.717, 1.165) is 27.2 Å². The van der Waals surface area contributed by atoms with E-state index in [1.807, 2.05) is 29.6 Å². The monoisotopic (exact) mass is 272 g/mol. The number of hydrogen-bond acceptors (Lipinski definition) is 5. The maximum Gasteiger partial charge on any atom is 0.221 e. The van der Waals surface area contributed by atoms with Crippen LogP contribution in [0.25, 0.3) is 21.5 Å². The molecule has 3 aromatic rings. The summed E-state index contributed by atoms with van der Waals surface area (Å²) >= 11 is 1.55. The predicted molar refractivity (Wildman–Crippen MR) is 76.0 cm³/mol. The molecule has 2 aromatic heterocycles. The molecule has 0 unspecified atom stereocenters. The molecule has 0 bridgehead atoms. The van der Waals surface area contributed by atoms with E-state index in [2.05, 4.69) is 9.97 Å². The van der Waals surface area contributed by atoms with Crippen LogP contribution in [-0.2, 0) is 0 Å². The van der Waals surface area contributed by atoms with E-state index in [-0.39, 0.29) is 0 Å². The van der Waals surface area contributed by atoms with Crippen molar-refractivity contribution in [3.05, 3.63) is 35.8 Å². The molecule has 0 radical (unpaired) electrons. The van der Waals surface area contributed by atoms with E-state index < -0.39 is 0 Å². The fourth-order valence-electron chi connectivity index (χ4n) is 1.95. The molecular formula is C14H12N2O2S. The Labute approximate surface area is 114 Å². The summed E-state index contributed by atoms with van der Waals surface area (Å²) < 4.78 is 10.6. The molecule has 0 saturated heterocycles. The van der Waals surface area contributed by atoms with Gasteiger partial charge in [-0.3, -0.25) is 0 Å². The predicted octanol–water partition coefficient (Wildman–Crippen LogP) is 3.38. The minimum atomic E-state index is 0.602. The van der Waals surface area contributed by atoms with Gasteiger partial charge in [0.1, 0.15) is 16.5 Å². The zero-order valence-electron chi connectivity index (χ0n) is 10.6. The van der Waals surface area contributed by atoms with Gasteiger partial charge in [0.2, 0.25) is 5.88 Å². The Kier molecular flexibility index (Phi) is 3.05. The topological polar surface area (TPSA) is 44.2 Å². The van der Waals surface area contributed by atoms with Crippen molar-refractivity contribution in [3.8, 4) is 22.3 Å². The highest BCUT2D eigenvalue weighted by Gasteiger charge is 2.10. The van der Waals surface area contributed by atoms with Crippen molar-refractivity contribution in [1.82, 2.24) is 9.97 Å². The molecule has 5 heteroatoms. The fourth-order valence-corrected chi connectivity index (χ4v) is 2.54. The largest absolute Gasteiger partial charge is 0.497 e. The summed E-state index contributed by atoms with van der Waals surface area (Å²) in [5.41, 5.74) is 0.813. The molecule has 0 saturated carbocycles. The lowest BCUT2D eigenvalue weighted by Crippen LogP contribution is -1.93. The minimum absolute atomic E-state index is 0.602. The molecule has 0 amide bonds. The molecular weight excluding hydrogens is 260 g/mol. The lowest BCUT2D eigenvalue weighted by molar-refractivity contribution is 0.403. The van der Waals surface area contributed by atoms with Gasteiger partial charge in [-0.1, -0.05) is 0 Å². The number of methoxy groups -OCH3 is 2. The van der Waals surface area contributed by atoms with Gasteiger partial charge in [-0.15, -0.1) is 11.3 Å². The number of aromatic nitrogens is 2. The van der Waals surface area contributed by atoms with Crippen LogP contribution < -0.4 is 9.47 Å². The second kappa shape index (κ2) is 4.85. The van der Waals surface area contributed by atoms with Crippen molar-refractivity contribution in [2.75, 3.05) is 14.2 Å². The van der Waals surface area contributed by atoms with Gasteiger partial charge >= 0.3 is 0 Å². The van der Waals surface area contributed by atoms with Crippen LogP contribution in [0.4, 0.5) is 0 Å². The molecule has 0 aliphatic carbocycles. The van der Waals surface area contributed by atoms with Crippen LogP contribution in [0.15, 0.2) is 35.8 Å². The fraction of sp³-hybridized carbons (Fsp3) is 0.143. The van der Waals surface area contributed by atoms with Crippen LogP contribution in [0.5, 0.6) is 11.6 Å². The number of nitrogens with zero attached hydrogens (tertiary/aromatic N) is 2. The highest BCUT2D eigenvalue weighted by Crippen LogP contribution is 2.31. The van der Waals surface area contributed by atoms with Crippen molar-refractivity contribution in [3.63, 3.8) is 0 Å². The zero-order chi connectivity index (χ0) is 13.2. The summed E-state index contributed by atoms with van der Waals surface area (Å²) in [4.78, 5) is 8.78. The van der Waals surface area contributed by atoms with E-state index in [9.17, 15) is 0 Å². The molecule has 0 fully saturated rings. The third-order valence-electron chi connectivity index (χ3n) is 2.85. The molecule has 0 aliphatic heterocycles. The normalized spacial score (nSPS) is 10.6. The van der Waals surface area contributed by atoms with Crippen LogP contribution in [-0.4, -0.2) is 24.2 Å². The first-order valence-corrected chi connectivity index (χ1v) is 6.62. The number of fused-ring (bicyclic) bond motifs is 1. The van der Waals surface area contributed by atoms with Crippen molar-refractivity contribution in [2.45, 2.75) is 0 Å². The minimum Gasteiger partial charge on any atom is -0.497 e. The van der Waals surface area contributed by atoms with E-state index >= 15 is 0 Å². The quantitative estimate of drug-likeness (QED) is 0.733. The van der Waals surface area contributed by atoms with Gasteiger partial charge in [0.15, 0.2) is 0 Å². The number of benzene rings is 1. The van der Waals surface area contributed by atoms with Gasteiger partial charge in [0.05, 0.1) is 14.2 Å². The van der Waals surface area contributed by atoms with Gasteiger partial charge in [-0.05, 0) is 29.7 Å². The lowest BCUT2D eigenvalue weighted by atomic mass is 10.1. The average molecular weight is 272 g/mol. The molecule has 1 aromatic carbocycles. The van der Waals surface area contributed by atoms with E-state index in [4.69, 9.17) is 9.47 Å². The molecule has 0 N–H and O–H groups in total. The smallest absolute Gasteiger partial charge is 0.221 e. The van der Waals surface area contributed by atoms with Crippen LogP contribution in [0, 0.1) is 0 Å². The zero-order valence-corrected chi connectivity index (χ0v) is 11.4. The Morgan fingerprint density at radius 1 is 1.11 bits per heavy atom. The Morgan fingerprint density at radius 2 is 2.00 bits per heavy atom. The maximum absolute atomic E-state index is 5.36. The molecule has 4 nitrogen and oxygen atoms in total. The Balaban J connectivity index is 2.25. The number of rotatable bonds is 3. The first kappa shape index (κ1) is 11.9. The summed E-state index contributed by atoms with van der Waals surface area (Å²) in [6.07, 6.45) is 1.77. The van der Waals surface area contributed by atoms with Crippen LogP contribution >= 0.6 is 11.3 Å². The maximum atomic E-state index is 5.36. The third kappa shape index (κ3) is 2.13. The molecule has 0 spiro atoms. The summed E-state index contributed by atoms with van der Waals surface area (Å²) in [6.45, 7) is 0. The second-order valence-corrected chi connectivity index (χ2v) is 4.84. The third-order valence-corrected chi connectivity index (χ3v) is 3.64. The number of thiazole rings is 1. The second-order valence-electron chi connectivity index (χ2n) is 3.94. The first-order chi connectivity index (χ1) is 9.31. The molecule has 0 aliphatic rings. The summed E-state index contributed by atoms with van der Waals surface area (Å²) in [5, 5.41) is 4.79. The van der Waals surface area contributed by atoms with Gasteiger partial charge in [-0.25, -0.2) is 9.97 Å². The van der Waals surface area contributed by atoms with E-state index in [1.165, 1.54) is 0 Å². The van der Waals surface area contributed by atoms with Crippen LogP contribution in [0.1, 0.15) is 0 Å². The summed E-state index contributed by atoms with van der Waals surface area (Å²) in [5.74, 6) is 1.41. The van der Waals surface area contributed by atoms with Crippen molar-refractivity contribution in [2.24, 2.45) is 0 Å². The highest BCUT2D eigenvalue weighted by molar-refractivity contribution is 7.13. The lowest BCUT2D eigenvalue weighted by Gasteiger charge is -2.08. The molecule has 3 rings (SSSR count). The number of pyridine rings is 1. The Hall–Kier alpha value is -2.14.